The summed E-state index contributed by atoms with van der Waals surface area (Å²) in [7, 11) is 0. The van der Waals surface area contributed by atoms with E-state index in [1.54, 1.807) is 23.9 Å². The number of rotatable bonds is 3. The Hall–Kier alpha value is -0.540. The minimum Gasteiger partial charge on any atom is -0.329 e. The first-order chi connectivity index (χ1) is 5.72. The summed E-state index contributed by atoms with van der Waals surface area (Å²) in [6.07, 6.45) is 0. The van der Waals surface area contributed by atoms with Gasteiger partial charge in [-0.1, -0.05) is 6.92 Å². The van der Waals surface area contributed by atoms with Crippen molar-refractivity contribution in [2.75, 3.05) is 6.54 Å². The fraction of sp³-hybridized carbons (Fsp3) is 0.333. The van der Waals surface area contributed by atoms with Crippen molar-refractivity contribution >= 4 is 11.8 Å². The maximum Gasteiger partial charge on any atom is 0.123 e. The van der Waals surface area contributed by atoms with E-state index in [1.807, 2.05) is 6.92 Å². The second-order valence-electron chi connectivity index (χ2n) is 2.62. The van der Waals surface area contributed by atoms with Gasteiger partial charge in [0.15, 0.2) is 0 Å². The molecule has 0 heterocycles. The molecule has 66 valence electrons. The summed E-state index contributed by atoms with van der Waals surface area (Å²) in [6, 6.07) is 6.47. The summed E-state index contributed by atoms with van der Waals surface area (Å²) in [5.41, 5.74) is 5.45. The normalized spacial score (nSPS) is 12.9. The number of halogens is 1. The first kappa shape index (κ1) is 9.55. The molecule has 0 unspecified atom stereocenters. The van der Waals surface area contributed by atoms with E-state index in [4.69, 9.17) is 5.73 Å². The number of nitrogens with two attached hydrogens (primary N) is 1. The molecular weight excluding hydrogens is 173 g/mol. The fourth-order valence-corrected chi connectivity index (χ4v) is 1.65. The van der Waals surface area contributed by atoms with E-state index in [9.17, 15) is 4.39 Å². The average molecular weight is 185 g/mol. The quantitative estimate of drug-likeness (QED) is 0.731. The molecule has 2 N–H and O–H groups in total. The lowest BCUT2D eigenvalue weighted by molar-refractivity contribution is 0.626. The Kier molecular flexibility index (Phi) is 3.56. The molecule has 0 amide bonds. The lowest BCUT2D eigenvalue weighted by atomic mass is 10.3. The van der Waals surface area contributed by atoms with Gasteiger partial charge >= 0.3 is 0 Å². The van der Waals surface area contributed by atoms with Gasteiger partial charge in [0, 0.05) is 16.7 Å². The molecule has 0 aliphatic carbocycles. The first-order valence-electron chi connectivity index (χ1n) is 3.84. The van der Waals surface area contributed by atoms with E-state index >= 15 is 0 Å². The van der Waals surface area contributed by atoms with Crippen LogP contribution in [-0.4, -0.2) is 11.8 Å². The fourth-order valence-electron chi connectivity index (χ4n) is 0.794. The van der Waals surface area contributed by atoms with Crippen molar-refractivity contribution < 1.29 is 4.39 Å². The van der Waals surface area contributed by atoms with Gasteiger partial charge in [0.25, 0.3) is 0 Å². The van der Waals surface area contributed by atoms with Crippen LogP contribution in [0, 0.1) is 5.82 Å². The molecule has 1 aromatic rings. The monoisotopic (exact) mass is 185 g/mol. The van der Waals surface area contributed by atoms with E-state index in [2.05, 4.69) is 0 Å². The minimum absolute atomic E-state index is 0.195. The van der Waals surface area contributed by atoms with Gasteiger partial charge in [-0.15, -0.1) is 11.8 Å². The molecule has 0 saturated heterocycles. The summed E-state index contributed by atoms with van der Waals surface area (Å²) in [5, 5.41) is 0.385. The molecule has 1 atom stereocenters. The molecule has 0 saturated carbocycles. The van der Waals surface area contributed by atoms with Crippen LogP contribution in [0.1, 0.15) is 6.92 Å². The van der Waals surface area contributed by atoms with E-state index in [0.29, 0.717) is 11.8 Å². The summed E-state index contributed by atoms with van der Waals surface area (Å²) < 4.78 is 12.5. The average Bonchev–Trinajstić information content (AvgIpc) is 2.09. The van der Waals surface area contributed by atoms with E-state index in [0.717, 1.165) is 4.90 Å². The zero-order valence-electron chi connectivity index (χ0n) is 6.96. The van der Waals surface area contributed by atoms with E-state index in [-0.39, 0.29) is 5.82 Å². The van der Waals surface area contributed by atoms with Gasteiger partial charge in [0.05, 0.1) is 0 Å². The highest BCUT2D eigenvalue weighted by Crippen LogP contribution is 2.22. The summed E-state index contributed by atoms with van der Waals surface area (Å²) >= 11 is 1.66. The second-order valence-corrected chi connectivity index (χ2v) is 4.13. The molecular formula is C9H12FNS. The Morgan fingerprint density at radius 1 is 1.42 bits per heavy atom. The van der Waals surface area contributed by atoms with Crippen LogP contribution in [0.25, 0.3) is 0 Å². The van der Waals surface area contributed by atoms with Crippen LogP contribution < -0.4 is 5.73 Å². The van der Waals surface area contributed by atoms with Crippen LogP contribution in [0.2, 0.25) is 0 Å². The van der Waals surface area contributed by atoms with Crippen molar-refractivity contribution in [1.82, 2.24) is 0 Å². The number of thioether (sulfide) groups is 1. The predicted octanol–water partition coefficient (Wildman–Crippen LogP) is 2.27. The summed E-state index contributed by atoms with van der Waals surface area (Å²) in [6.45, 7) is 2.69. The third kappa shape index (κ3) is 2.83. The van der Waals surface area contributed by atoms with E-state index < -0.39 is 0 Å². The Balaban J connectivity index is 2.58. The van der Waals surface area contributed by atoms with Crippen molar-refractivity contribution in [3.63, 3.8) is 0 Å². The predicted molar refractivity (Wildman–Crippen MR) is 50.8 cm³/mol. The maximum absolute atomic E-state index is 12.5. The maximum atomic E-state index is 12.5. The summed E-state index contributed by atoms with van der Waals surface area (Å²) in [4.78, 5) is 1.06. The van der Waals surface area contributed by atoms with Crippen LogP contribution in [0.4, 0.5) is 4.39 Å². The molecule has 1 nitrogen and oxygen atoms in total. The van der Waals surface area contributed by atoms with Crippen molar-refractivity contribution in [2.24, 2.45) is 5.73 Å². The summed E-state index contributed by atoms with van der Waals surface area (Å²) in [5.74, 6) is -0.195. The lowest BCUT2D eigenvalue weighted by Crippen LogP contribution is -2.12. The molecule has 0 spiro atoms. The van der Waals surface area contributed by atoms with Crippen molar-refractivity contribution in [3.05, 3.63) is 30.1 Å². The number of benzene rings is 1. The van der Waals surface area contributed by atoms with Gasteiger partial charge < -0.3 is 5.73 Å². The minimum atomic E-state index is -0.195. The molecule has 1 aromatic carbocycles. The highest BCUT2D eigenvalue weighted by Gasteiger charge is 2.00. The number of hydrogen-bond donors (Lipinski definition) is 1. The molecule has 1 rings (SSSR count). The Morgan fingerprint density at radius 2 is 2.00 bits per heavy atom. The van der Waals surface area contributed by atoms with Crippen molar-refractivity contribution in [2.45, 2.75) is 17.1 Å². The Morgan fingerprint density at radius 3 is 2.50 bits per heavy atom. The molecule has 0 aliphatic rings. The largest absolute Gasteiger partial charge is 0.329 e. The van der Waals surface area contributed by atoms with Gasteiger partial charge in [-0.05, 0) is 24.3 Å². The zero-order valence-corrected chi connectivity index (χ0v) is 7.77. The van der Waals surface area contributed by atoms with Gasteiger partial charge in [-0.2, -0.15) is 0 Å². The Labute approximate surface area is 76.2 Å². The van der Waals surface area contributed by atoms with Gasteiger partial charge in [0.1, 0.15) is 5.82 Å². The first-order valence-corrected chi connectivity index (χ1v) is 4.72. The third-order valence-electron chi connectivity index (χ3n) is 1.48. The standard InChI is InChI=1S/C9H12FNS/c1-7(6-11)12-9-4-2-8(10)3-5-9/h2-5,7H,6,11H2,1H3/t7-/m0/s1. The van der Waals surface area contributed by atoms with Crippen LogP contribution >= 0.6 is 11.8 Å². The topological polar surface area (TPSA) is 26.0 Å². The molecule has 12 heavy (non-hydrogen) atoms. The second kappa shape index (κ2) is 4.48. The highest BCUT2D eigenvalue weighted by molar-refractivity contribution is 8.00. The van der Waals surface area contributed by atoms with Gasteiger partial charge in [0.2, 0.25) is 0 Å². The van der Waals surface area contributed by atoms with Crippen LogP contribution in [-0.2, 0) is 0 Å². The van der Waals surface area contributed by atoms with Gasteiger partial charge in [-0.3, -0.25) is 0 Å². The highest BCUT2D eigenvalue weighted by atomic mass is 32.2. The van der Waals surface area contributed by atoms with E-state index in [1.165, 1.54) is 12.1 Å². The molecule has 0 bridgehead atoms. The van der Waals surface area contributed by atoms with Crippen molar-refractivity contribution in [1.29, 1.82) is 0 Å². The van der Waals surface area contributed by atoms with Gasteiger partial charge in [-0.25, -0.2) is 4.39 Å². The molecule has 0 aromatic heterocycles. The molecule has 0 radical (unpaired) electrons. The zero-order chi connectivity index (χ0) is 8.97. The molecule has 0 aliphatic heterocycles. The Bertz CT molecular complexity index is 235. The van der Waals surface area contributed by atoms with Crippen molar-refractivity contribution in [3.8, 4) is 0 Å². The van der Waals surface area contributed by atoms with Crippen LogP contribution in [0.3, 0.4) is 0 Å². The lowest BCUT2D eigenvalue weighted by Gasteiger charge is -2.06. The third-order valence-corrected chi connectivity index (χ3v) is 2.62. The molecule has 3 heteroatoms. The number of hydrogen-bond acceptors (Lipinski definition) is 2. The molecule has 0 fully saturated rings. The smallest absolute Gasteiger partial charge is 0.123 e. The SMILES string of the molecule is C[C@@H](CN)Sc1ccc(F)cc1. The van der Waals surface area contributed by atoms with Crippen LogP contribution in [0.15, 0.2) is 29.2 Å². The van der Waals surface area contributed by atoms with Crippen LogP contribution in [0.5, 0.6) is 0 Å².